The zero-order chi connectivity index (χ0) is 13.1. The fraction of sp³-hybridized carbons (Fsp3) is 0.533. The highest BCUT2D eigenvalue weighted by molar-refractivity contribution is 5.74. The van der Waals surface area contributed by atoms with Gasteiger partial charge in [-0.3, -0.25) is 9.69 Å². The zero-order valence-corrected chi connectivity index (χ0v) is 11.1. The van der Waals surface area contributed by atoms with Crippen LogP contribution in [0.1, 0.15) is 30.9 Å². The number of aliphatic carboxylic acids is 1. The van der Waals surface area contributed by atoms with Crippen molar-refractivity contribution in [2.75, 3.05) is 6.54 Å². The minimum absolute atomic E-state index is 0.238. The maximum absolute atomic E-state index is 11.4. The highest BCUT2D eigenvalue weighted by atomic mass is 16.4. The third-order valence-electron chi connectivity index (χ3n) is 3.80. The number of hydrogen-bond donors (Lipinski definition) is 1. The molecule has 1 aromatic carbocycles. The van der Waals surface area contributed by atoms with E-state index in [-0.39, 0.29) is 12.0 Å². The van der Waals surface area contributed by atoms with E-state index in [9.17, 15) is 9.90 Å². The average molecular weight is 247 g/mol. The second-order valence-corrected chi connectivity index (χ2v) is 5.36. The Labute approximate surface area is 108 Å². The Morgan fingerprint density at radius 2 is 2.06 bits per heavy atom. The summed E-state index contributed by atoms with van der Waals surface area (Å²) in [6.07, 6.45) is 2.11. The van der Waals surface area contributed by atoms with Gasteiger partial charge in [-0.05, 0) is 37.8 Å². The van der Waals surface area contributed by atoms with E-state index in [1.165, 1.54) is 11.1 Å². The van der Waals surface area contributed by atoms with Gasteiger partial charge in [0.2, 0.25) is 0 Å². The van der Waals surface area contributed by atoms with Gasteiger partial charge in [0.15, 0.2) is 0 Å². The molecule has 0 saturated carbocycles. The van der Waals surface area contributed by atoms with Gasteiger partial charge in [-0.1, -0.05) is 36.8 Å². The van der Waals surface area contributed by atoms with E-state index in [0.717, 1.165) is 25.9 Å². The van der Waals surface area contributed by atoms with Crippen LogP contribution in [0.3, 0.4) is 0 Å². The van der Waals surface area contributed by atoms with Crippen LogP contribution in [-0.2, 0) is 11.3 Å². The van der Waals surface area contributed by atoms with Crippen LogP contribution in [-0.4, -0.2) is 28.6 Å². The summed E-state index contributed by atoms with van der Waals surface area (Å²) in [4.78, 5) is 13.5. The maximum atomic E-state index is 11.4. The Morgan fingerprint density at radius 3 is 2.67 bits per heavy atom. The quantitative estimate of drug-likeness (QED) is 0.892. The summed E-state index contributed by atoms with van der Waals surface area (Å²) >= 11 is 0. The molecular weight excluding hydrogens is 226 g/mol. The summed E-state index contributed by atoms with van der Waals surface area (Å²) in [7, 11) is 0. The van der Waals surface area contributed by atoms with Gasteiger partial charge in [0, 0.05) is 6.54 Å². The molecule has 1 aromatic rings. The molecule has 2 unspecified atom stereocenters. The van der Waals surface area contributed by atoms with Crippen molar-refractivity contribution in [1.29, 1.82) is 0 Å². The summed E-state index contributed by atoms with van der Waals surface area (Å²) in [5.41, 5.74) is 2.43. The van der Waals surface area contributed by atoms with Crippen LogP contribution in [0.25, 0.3) is 0 Å². The molecule has 0 aliphatic carbocycles. The van der Waals surface area contributed by atoms with Crippen molar-refractivity contribution in [3.8, 4) is 0 Å². The van der Waals surface area contributed by atoms with Crippen LogP contribution in [0, 0.1) is 12.8 Å². The number of carboxylic acids is 1. The number of aryl methyl sites for hydroxylation is 1. The lowest BCUT2D eigenvalue weighted by molar-refractivity contribution is -0.147. The molecule has 3 heteroatoms. The first-order chi connectivity index (χ1) is 8.58. The van der Waals surface area contributed by atoms with Crippen molar-refractivity contribution in [1.82, 2.24) is 4.90 Å². The topological polar surface area (TPSA) is 40.5 Å². The van der Waals surface area contributed by atoms with Crippen LogP contribution in [0.2, 0.25) is 0 Å². The van der Waals surface area contributed by atoms with Gasteiger partial charge in [0.05, 0.1) is 0 Å². The molecule has 0 bridgehead atoms. The third kappa shape index (κ3) is 2.91. The summed E-state index contributed by atoms with van der Waals surface area (Å²) in [6.45, 7) is 5.73. The molecule has 2 rings (SSSR count). The molecule has 0 amide bonds. The predicted octanol–water partition coefficient (Wildman–Crippen LogP) is 2.68. The Bertz CT molecular complexity index is 413. The molecule has 18 heavy (non-hydrogen) atoms. The SMILES string of the molecule is Cc1ccc(CN2CCCC(C)C2C(=O)O)cc1. The normalized spacial score (nSPS) is 25.0. The number of piperidine rings is 1. The first-order valence-electron chi connectivity index (χ1n) is 6.60. The molecule has 1 heterocycles. The maximum Gasteiger partial charge on any atom is 0.321 e. The smallest absolute Gasteiger partial charge is 0.321 e. The number of carbonyl (C=O) groups is 1. The molecule has 1 aliphatic rings. The minimum atomic E-state index is -0.686. The van der Waals surface area contributed by atoms with Gasteiger partial charge in [0.25, 0.3) is 0 Å². The fourth-order valence-electron chi connectivity index (χ4n) is 2.78. The van der Waals surface area contributed by atoms with Gasteiger partial charge >= 0.3 is 5.97 Å². The minimum Gasteiger partial charge on any atom is -0.480 e. The number of nitrogens with zero attached hydrogens (tertiary/aromatic N) is 1. The van der Waals surface area contributed by atoms with Gasteiger partial charge in [-0.25, -0.2) is 0 Å². The Kier molecular flexibility index (Phi) is 4.02. The third-order valence-corrected chi connectivity index (χ3v) is 3.80. The molecular formula is C15H21NO2. The van der Waals surface area contributed by atoms with Crippen LogP contribution < -0.4 is 0 Å². The van der Waals surface area contributed by atoms with E-state index in [1.807, 2.05) is 6.92 Å². The van der Waals surface area contributed by atoms with Crippen LogP contribution >= 0.6 is 0 Å². The second-order valence-electron chi connectivity index (χ2n) is 5.36. The predicted molar refractivity (Wildman–Crippen MR) is 71.4 cm³/mol. The van der Waals surface area contributed by atoms with Crippen molar-refractivity contribution < 1.29 is 9.90 Å². The number of hydrogen-bond acceptors (Lipinski definition) is 2. The Morgan fingerprint density at radius 1 is 1.39 bits per heavy atom. The lowest BCUT2D eigenvalue weighted by Gasteiger charge is -2.37. The molecule has 0 radical (unpaired) electrons. The van der Waals surface area contributed by atoms with Crippen molar-refractivity contribution in [2.24, 2.45) is 5.92 Å². The first-order valence-corrected chi connectivity index (χ1v) is 6.60. The lowest BCUT2D eigenvalue weighted by atomic mass is 9.90. The highest BCUT2D eigenvalue weighted by Gasteiger charge is 2.33. The van der Waals surface area contributed by atoms with E-state index >= 15 is 0 Å². The Hall–Kier alpha value is -1.35. The van der Waals surface area contributed by atoms with Gasteiger partial charge in [-0.15, -0.1) is 0 Å². The Balaban J connectivity index is 2.10. The molecule has 1 aliphatic heterocycles. The fourth-order valence-corrected chi connectivity index (χ4v) is 2.78. The van der Waals surface area contributed by atoms with E-state index in [4.69, 9.17) is 0 Å². The molecule has 0 aromatic heterocycles. The highest BCUT2D eigenvalue weighted by Crippen LogP contribution is 2.25. The molecule has 2 atom stereocenters. The van der Waals surface area contributed by atoms with Crippen LogP contribution in [0.5, 0.6) is 0 Å². The van der Waals surface area contributed by atoms with Crippen molar-refractivity contribution >= 4 is 5.97 Å². The molecule has 98 valence electrons. The summed E-state index contributed by atoms with van der Waals surface area (Å²) in [5.74, 6) is -0.448. The molecule has 0 spiro atoms. The van der Waals surface area contributed by atoms with E-state index in [2.05, 4.69) is 36.1 Å². The number of likely N-dealkylation sites (tertiary alicyclic amines) is 1. The molecule has 1 saturated heterocycles. The van der Waals surface area contributed by atoms with Crippen LogP contribution in [0.15, 0.2) is 24.3 Å². The lowest BCUT2D eigenvalue weighted by Crippen LogP contribution is -2.48. The number of carboxylic acid groups (broad SMARTS) is 1. The standard InChI is InChI=1S/C15H21NO2/c1-11-5-7-13(8-6-11)10-16-9-3-4-12(2)14(16)15(17)18/h5-8,12,14H,3-4,9-10H2,1-2H3,(H,17,18). The van der Waals surface area contributed by atoms with Crippen molar-refractivity contribution in [3.05, 3.63) is 35.4 Å². The van der Waals surface area contributed by atoms with Crippen molar-refractivity contribution in [2.45, 2.75) is 39.3 Å². The van der Waals surface area contributed by atoms with Crippen LogP contribution in [0.4, 0.5) is 0 Å². The monoisotopic (exact) mass is 247 g/mol. The second kappa shape index (κ2) is 5.53. The average Bonchev–Trinajstić information content (AvgIpc) is 2.32. The molecule has 1 N–H and O–H groups in total. The number of benzene rings is 1. The van der Waals surface area contributed by atoms with E-state index in [1.54, 1.807) is 0 Å². The summed E-state index contributed by atoms with van der Waals surface area (Å²) in [6, 6.07) is 8.01. The van der Waals surface area contributed by atoms with Gasteiger partial charge < -0.3 is 5.11 Å². The number of rotatable bonds is 3. The van der Waals surface area contributed by atoms with Gasteiger partial charge in [0.1, 0.15) is 6.04 Å². The summed E-state index contributed by atoms with van der Waals surface area (Å²) < 4.78 is 0. The van der Waals surface area contributed by atoms with E-state index in [0.29, 0.717) is 0 Å². The summed E-state index contributed by atoms with van der Waals surface area (Å²) in [5, 5.41) is 9.36. The van der Waals surface area contributed by atoms with E-state index < -0.39 is 5.97 Å². The zero-order valence-electron chi connectivity index (χ0n) is 11.1. The van der Waals surface area contributed by atoms with Gasteiger partial charge in [-0.2, -0.15) is 0 Å². The molecule has 1 fully saturated rings. The molecule has 3 nitrogen and oxygen atoms in total. The van der Waals surface area contributed by atoms with Crippen molar-refractivity contribution in [3.63, 3.8) is 0 Å². The first kappa shape index (κ1) is 13.1. The largest absolute Gasteiger partial charge is 0.480 e.